The van der Waals surface area contributed by atoms with Crippen molar-refractivity contribution in [1.82, 2.24) is 0 Å². The SMILES string of the molecule is CCOc1cccc2c1C(C)CC2N. The summed E-state index contributed by atoms with van der Waals surface area (Å²) in [7, 11) is 0. The van der Waals surface area contributed by atoms with Gasteiger partial charge in [0.1, 0.15) is 5.75 Å². The molecule has 1 aliphatic rings. The third-order valence-electron chi connectivity index (χ3n) is 2.90. The van der Waals surface area contributed by atoms with Crippen molar-refractivity contribution < 1.29 is 4.74 Å². The Hall–Kier alpha value is -1.02. The maximum atomic E-state index is 6.05. The predicted molar refractivity (Wildman–Crippen MR) is 57.6 cm³/mol. The minimum Gasteiger partial charge on any atom is -0.494 e. The van der Waals surface area contributed by atoms with Crippen LogP contribution in [0.25, 0.3) is 0 Å². The van der Waals surface area contributed by atoms with E-state index < -0.39 is 0 Å². The largest absolute Gasteiger partial charge is 0.494 e. The van der Waals surface area contributed by atoms with Crippen molar-refractivity contribution in [3.8, 4) is 5.75 Å². The molecule has 0 heterocycles. The van der Waals surface area contributed by atoms with Crippen LogP contribution in [0.3, 0.4) is 0 Å². The van der Waals surface area contributed by atoms with Gasteiger partial charge in [-0.15, -0.1) is 0 Å². The van der Waals surface area contributed by atoms with E-state index in [4.69, 9.17) is 10.5 Å². The summed E-state index contributed by atoms with van der Waals surface area (Å²) in [6.07, 6.45) is 1.04. The van der Waals surface area contributed by atoms with Crippen molar-refractivity contribution in [2.45, 2.75) is 32.2 Å². The minimum atomic E-state index is 0.195. The van der Waals surface area contributed by atoms with Crippen LogP contribution in [0, 0.1) is 0 Å². The highest BCUT2D eigenvalue weighted by Crippen LogP contribution is 2.43. The minimum absolute atomic E-state index is 0.195. The summed E-state index contributed by atoms with van der Waals surface area (Å²) in [6.45, 7) is 4.95. The van der Waals surface area contributed by atoms with Gasteiger partial charge in [0.25, 0.3) is 0 Å². The summed E-state index contributed by atoms with van der Waals surface area (Å²) >= 11 is 0. The Labute approximate surface area is 85.1 Å². The number of benzene rings is 1. The number of hydrogen-bond donors (Lipinski definition) is 1. The molecule has 0 bridgehead atoms. The smallest absolute Gasteiger partial charge is 0.123 e. The van der Waals surface area contributed by atoms with Crippen LogP contribution < -0.4 is 10.5 Å². The van der Waals surface area contributed by atoms with Crippen molar-refractivity contribution in [3.05, 3.63) is 29.3 Å². The molecule has 0 saturated carbocycles. The number of ether oxygens (including phenoxy) is 1. The lowest BCUT2D eigenvalue weighted by molar-refractivity contribution is 0.335. The molecule has 2 unspecified atom stereocenters. The molecular formula is C12H17NO. The Morgan fingerprint density at radius 2 is 2.29 bits per heavy atom. The standard InChI is InChI=1S/C12H17NO/c1-3-14-11-6-4-5-9-10(13)7-8(2)12(9)11/h4-6,8,10H,3,7,13H2,1-2H3. The zero-order valence-electron chi connectivity index (χ0n) is 8.79. The zero-order chi connectivity index (χ0) is 10.1. The molecule has 0 fully saturated rings. The number of hydrogen-bond acceptors (Lipinski definition) is 2. The van der Waals surface area contributed by atoms with Crippen molar-refractivity contribution >= 4 is 0 Å². The molecule has 14 heavy (non-hydrogen) atoms. The molecule has 0 amide bonds. The monoisotopic (exact) mass is 191 g/mol. The lowest BCUT2D eigenvalue weighted by Gasteiger charge is -2.12. The van der Waals surface area contributed by atoms with Gasteiger partial charge in [0, 0.05) is 11.6 Å². The summed E-state index contributed by atoms with van der Waals surface area (Å²) in [6, 6.07) is 6.38. The Balaban J connectivity index is 2.45. The first-order valence-electron chi connectivity index (χ1n) is 5.25. The lowest BCUT2D eigenvalue weighted by atomic mass is 10.0. The lowest BCUT2D eigenvalue weighted by Crippen LogP contribution is -2.05. The van der Waals surface area contributed by atoms with Crippen LogP contribution >= 0.6 is 0 Å². The second-order valence-corrected chi connectivity index (χ2v) is 3.94. The molecule has 0 saturated heterocycles. The number of nitrogens with two attached hydrogens (primary N) is 1. The van der Waals surface area contributed by atoms with Gasteiger partial charge >= 0.3 is 0 Å². The Morgan fingerprint density at radius 3 is 3.00 bits per heavy atom. The maximum Gasteiger partial charge on any atom is 0.123 e. The maximum absolute atomic E-state index is 6.05. The van der Waals surface area contributed by atoms with Crippen molar-refractivity contribution in [3.63, 3.8) is 0 Å². The molecule has 1 aromatic rings. The van der Waals surface area contributed by atoms with E-state index in [1.165, 1.54) is 11.1 Å². The fraction of sp³-hybridized carbons (Fsp3) is 0.500. The van der Waals surface area contributed by atoms with E-state index in [-0.39, 0.29) is 6.04 Å². The second-order valence-electron chi connectivity index (χ2n) is 3.94. The third kappa shape index (κ3) is 1.40. The summed E-state index contributed by atoms with van der Waals surface area (Å²) in [4.78, 5) is 0. The molecule has 0 spiro atoms. The van der Waals surface area contributed by atoms with Crippen LogP contribution in [-0.4, -0.2) is 6.61 Å². The fourth-order valence-electron chi connectivity index (χ4n) is 2.32. The average molecular weight is 191 g/mol. The van der Waals surface area contributed by atoms with E-state index in [0.717, 1.165) is 18.8 Å². The Bertz CT molecular complexity index is 335. The van der Waals surface area contributed by atoms with E-state index in [9.17, 15) is 0 Å². The summed E-state index contributed by atoms with van der Waals surface area (Å²) in [5, 5.41) is 0. The molecule has 2 N–H and O–H groups in total. The topological polar surface area (TPSA) is 35.2 Å². The number of fused-ring (bicyclic) bond motifs is 1. The molecule has 0 aliphatic heterocycles. The van der Waals surface area contributed by atoms with Gasteiger partial charge in [-0.2, -0.15) is 0 Å². The summed E-state index contributed by atoms with van der Waals surface area (Å²) < 4.78 is 5.61. The summed E-state index contributed by atoms with van der Waals surface area (Å²) in [5.41, 5.74) is 8.63. The third-order valence-corrected chi connectivity index (χ3v) is 2.90. The van der Waals surface area contributed by atoms with Gasteiger partial charge in [-0.3, -0.25) is 0 Å². The van der Waals surface area contributed by atoms with Gasteiger partial charge in [0.2, 0.25) is 0 Å². The van der Waals surface area contributed by atoms with E-state index >= 15 is 0 Å². The van der Waals surface area contributed by atoms with Crippen molar-refractivity contribution in [1.29, 1.82) is 0 Å². The first kappa shape index (κ1) is 9.53. The Morgan fingerprint density at radius 1 is 1.50 bits per heavy atom. The van der Waals surface area contributed by atoms with Gasteiger partial charge in [-0.25, -0.2) is 0 Å². The number of rotatable bonds is 2. The molecule has 2 rings (SSSR count). The predicted octanol–water partition coefficient (Wildman–Crippen LogP) is 2.59. The van der Waals surface area contributed by atoms with Gasteiger partial charge in [-0.1, -0.05) is 19.1 Å². The van der Waals surface area contributed by atoms with Gasteiger partial charge < -0.3 is 10.5 Å². The molecule has 2 heteroatoms. The van der Waals surface area contributed by atoms with E-state index in [1.807, 2.05) is 19.1 Å². The van der Waals surface area contributed by atoms with Gasteiger partial charge in [0.15, 0.2) is 0 Å². The normalized spacial score (nSPS) is 24.8. The highest BCUT2D eigenvalue weighted by molar-refractivity contribution is 5.47. The van der Waals surface area contributed by atoms with Crippen LogP contribution in [0.2, 0.25) is 0 Å². The fourth-order valence-corrected chi connectivity index (χ4v) is 2.32. The first-order valence-corrected chi connectivity index (χ1v) is 5.25. The first-order chi connectivity index (χ1) is 6.74. The van der Waals surface area contributed by atoms with Crippen LogP contribution in [0.1, 0.15) is 43.4 Å². The van der Waals surface area contributed by atoms with Gasteiger partial charge in [-0.05, 0) is 30.9 Å². The van der Waals surface area contributed by atoms with E-state index in [0.29, 0.717) is 5.92 Å². The molecule has 1 aromatic carbocycles. The van der Waals surface area contributed by atoms with Crippen LogP contribution in [0.4, 0.5) is 0 Å². The van der Waals surface area contributed by atoms with Gasteiger partial charge in [0.05, 0.1) is 6.61 Å². The highest BCUT2D eigenvalue weighted by Gasteiger charge is 2.28. The molecule has 1 aliphatic carbocycles. The average Bonchev–Trinajstić information content (AvgIpc) is 2.44. The van der Waals surface area contributed by atoms with Crippen LogP contribution in [0.5, 0.6) is 5.75 Å². The zero-order valence-corrected chi connectivity index (χ0v) is 8.79. The molecular weight excluding hydrogens is 174 g/mol. The molecule has 2 nitrogen and oxygen atoms in total. The quantitative estimate of drug-likeness (QED) is 0.779. The van der Waals surface area contributed by atoms with Crippen molar-refractivity contribution in [2.75, 3.05) is 6.61 Å². The Kier molecular flexibility index (Phi) is 2.46. The van der Waals surface area contributed by atoms with Crippen molar-refractivity contribution in [2.24, 2.45) is 5.73 Å². The highest BCUT2D eigenvalue weighted by atomic mass is 16.5. The summed E-state index contributed by atoms with van der Waals surface area (Å²) in [5.74, 6) is 1.55. The van der Waals surface area contributed by atoms with E-state index in [1.54, 1.807) is 0 Å². The molecule has 0 aromatic heterocycles. The van der Waals surface area contributed by atoms with Crippen LogP contribution in [-0.2, 0) is 0 Å². The van der Waals surface area contributed by atoms with E-state index in [2.05, 4.69) is 13.0 Å². The second kappa shape index (κ2) is 3.62. The molecule has 76 valence electrons. The van der Waals surface area contributed by atoms with Crippen LogP contribution in [0.15, 0.2) is 18.2 Å². The molecule has 0 radical (unpaired) electrons. The molecule has 2 atom stereocenters.